The summed E-state index contributed by atoms with van der Waals surface area (Å²) in [5, 5.41) is 0. The summed E-state index contributed by atoms with van der Waals surface area (Å²) in [7, 11) is -3.00. The van der Waals surface area contributed by atoms with Gasteiger partial charge in [-0.3, -0.25) is 0 Å². The number of sulfonamides is 1. The zero-order valence-electron chi connectivity index (χ0n) is 17.2. The molecule has 0 atom stereocenters. The van der Waals surface area contributed by atoms with E-state index >= 15 is 0 Å². The van der Waals surface area contributed by atoms with Crippen molar-refractivity contribution in [3.05, 3.63) is 0 Å². The van der Waals surface area contributed by atoms with Gasteiger partial charge in [-0.1, -0.05) is 110 Å². The summed E-state index contributed by atoms with van der Waals surface area (Å²) in [6.45, 7) is 4.78. The van der Waals surface area contributed by atoms with Gasteiger partial charge in [-0.05, 0) is 12.8 Å². The van der Waals surface area contributed by atoms with E-state index in [2.05, 4.69) is 11.6 Å². The number of unbranched alkanes of at least 4 members (excludes halogenated alkanes) is 15. The van der Waals surface area contributed by atoms with Crippen molar-refractivity contribution in [1.82, 2.24) is 4.72 Å². The maximum absolute atomic E-state index is 11.5. The third kappa shape index (κ3) is 23.0. The Hall–Kier alpha value is 0.910. The standard InChI is InChI=1S/C21H45NO2S.Na.H/c1-3-5-6-7-8-9-10-11-12-13-14-15-16-17-18-19-20-22-25(23,24)21-4-2;;/h22H,3-21H2,1-2H3;;. The first-order chi connectivity index (χ1) is 12.1. The second-order valence-corrected chi connectivity index (χ2v) is 9.44. The minimum absolute atomic E-state index is 0. The van der Waals surface area contributed by atoms with Gasteiger partial charge in [0.1, 0.15) is 0 Å². The molecule has 3 nitrogen and oxygen atoms in total. The first kappa shape index (κ1) is 29.1. The van der Waals surface area contributed by atoms with E-state index in [4.69, 9.17) is 0 Å². The first-order valence-electron chi connectivity index (χ1n) is 11.1. The number of rotatable bonds is 20. The predicted molar refractivity (Wildman–Crippen MR) is 119 cm³/mol. The van der Waals surface area contributed by atoms with Crippen LogP contribution in [0.25, 0.3) is 0 Å². The third-order valence-electron chi connectivity index (χ3n) is 4.83. The van der Waals surface area contributed by atoms with Crippen LogP contribution in [0, 0.1) is 0 Å². The van der Waals surface area contributed by atoms with Crippen LogP contribution in [0.15, 0.2) is 0 Å². The molecule has 0 aromatic rings. The molecule has 0 spiro atoms. The summed E-state index contributed by atoms with van der Waals surface area (Å²) >= 11 is 0. The predicted octanol–water partition coefficient (Wildman–Crippen LogP) is 5.93. The number of hydrogen-bond donors (Lipinski definition) is 1. The second-order valence-electron chi connectivity index (χ2n) is 7.52. The van der Waals surface area contributed by atoms with E-state index in [1.165, 1.54) is 89.9 Å². The van der Waals surface area contributed by atoms with Crippen LogP contribution < -0.4 is 4.72 Å². The Balaban J connectivity index is 0. The average Bonchev–Trinajstić information content (AvgIpc) is 2.57. The second kappa shape index (κ2) is 22.2. The van der Waals surface area contributed by atoms with Crippen molar-refractivity contribution in [1.29, 1.82) is 0 Å². The molecular weight excluding hydrogens is 353 g/mol. The van der Waals surface area contributed by atoms with Crippen LogP contribution >= 0.6 is 0 Å². The topological polar surface area (TPSA) is 46.2 Å². The van der Waals surface area contributed by atoms with Crippen molar-refractivity contribution in [3.8, 4) is 0 Å². The van der Waals surface area contributed by atoms with E-state index in [1.807, 2.05) is 6.92 Å². The van der Waals surface area contributed by atoms with Crippen LogP contribution in [-0.2, 0) is 10.0 Å². The van der Waals surface area contributed by atoms with E-state index < -0.39 is 10.0 Å². The molecule has 0 saturated carbocycles. The van der Waals surface area contributed by atoms with Crippen molar-refractivity contribution in [2.45, 2.75) is 123 Å². The number of hydrogen-bond acceptors (Lipinski definition) is 2. The van der Waals surface area contributed by atoms with Gasteiger partial charge in [0.2, 0.25) is 10.0 Å². The van der Waals surface area contributed by atoms with Crippen LogP contribution in [0.2, 0.25) is 0 Å². The fourth-order valence-corrected chi connectivity index (χ4v) is 4.38. The monoisotopic (exact) mass is 399 g/mol. The molecule has 0 aromatic carbocycles. The summed E-state index contributed by atoms with van der Waals surface area (Å²) in [5.41, 5.74) is 0. The Kier molecular flexibility index (Phi) is 24.9. The van der Waals surface area contributed by atoms with Gasteiger partial charge < -0.3 is 0 Å². The van der Waals surface area contributed by atoms with Crippen LogP contribution in [0.3, 0.4) is 0 Å². The molecule has 0 unspecified atom stereocenters. The summed E-state index contributed by atoms with van der Waals surface area (Å²) in [4.78, 5) is 0. The molecule has 1 N–H and O–H groups in total. The molecule has 0 aliphatic heterocycles. The maximum atomic E-state index is 11.5. The normalized spacial score (nSPS) is 11.5. The molecule has 0 heterocycles. The van der Waals surface area contributed by atoms with Crippen molar-refractivity contribution in [2.24, 2.45) is 0 Å². The molecule has 0 bridgehead atoms. The van der Waals surface area contributed by atoms with Crippen molar-refractivity contribution >= 4 is 39.6 Å². The zero-order valence-corrected chi connectivity index (χ0v) is 18.0. The minimum atomic E-state index is -3.00. The quantitative estimate of drug-likeness (QED) is 0.204. The van der Waals surface area contributed by atoms with Crippen LogP contribution in [0.4, 0.5) is 0 Å². The third-order valence-corrected chi connectivity index (χ3v) is 6.41. The molecule has 0 aliphatic rings. The Morgan fingerprint density at radius 3 is 1.23 bits per heavy atom. The molecule has 154 valence electrons. The van der Waals surface area contributed by atoms with Gasteiger partial charge in [0, 0.05) is 6.54 Å². The molecule has 0 aromatic heterocycles. The summed E-state index contributed by atoms with van der Waals surface area (Å²) in [6, 6.07) is 0. The molecule has 0 fully saturated rings. The molecule has 0 rings (SSSR count). The molecule has 0 amide bonds. The molecule has 26 heavy (non-hydrogen) atoms. The van der Waals surface area contributed by atoms with Crippen molar-refractivity contribution in [2.75, 3.05) is 12.3 Å². The summed E-state index contributed by atoms with van der Waals surface area (Å²) in [6.07, 6.45) is 22.2. The van der Waals surface area contributed by atoms with Crippen LogP contribution in [0.5, 0.6) is 0 Å². The SMILES string of the molecule is CCCCCCCCCCCCCCCCCCNS(=O)(=O)CCC.[NaH]. The van der Waals surface area contributed by atoms with Gasteiger partial charge in [0.25, 0.3) is 0 Å². The Morgan fingerprint density at radius 2 is 0.885 bits per heavy atom. The van der Waals surface area contributed by atoms with Gasteiger partial charge >= 0.3 is 29.6 Å². The Bertz CT molecular complexity index is 361. The van der Waals surface area contributed by atoms with E-state index in [9.17, 15) is 8.42 Å². The van der Waals surface area contributed by atoms with E-state index in [0.29, 0.717) is 13.0 Å². The van der Waals surface area contributed by atoms with Gasteiger partial charge in [0.15, 0.2) is 0 Å². The van der Waals surface area contributed by atoms with Gasteiger partial charge in [0.05, 0.1) is 5.75 Å². The van der Waals surface area contributed by atoms with Gasteiger partial charge in [-0.25, -0.2) is 13.1 Å². The van der Waals surface area contributed by atoms with Crippen molar-refractivity contribution in [3.63, 3.8) is 0 Å². The number of nitrogens with one attached hydrogen (secondary N) is 1. The summed E-state index contributed by atoms with van der Waals surface area (Å²) < 4.78 is 25.6. The molecule has 5 heteroatoms. The van der Waals surface area contributed by atoms with Gasteiger partial charge in [-0.2, -0.15) is 0 Å². The molecule has 0 saturated heterocycles. The molecular formula is C21H46NNaO2S. The van der Waals surface area contributed by atoms with Crippen LogP contribution in [-0.4, -0.2) is 50.3 Å². The Morgan fingerprint density at radius 1 is 0.538 bits per heavy atom. The van der Waals surface area contributed by atoms with E-state index in [1.54, 1.807) is 0 Å². The molecule has 0 radical (unpaired) electrons. The summed E-state index contributed by atoms with van der Waals surface area (Å²) in [5.74, 6) is 0.256. The fourth-order valence-electron chi connectivity index (χ4n) is 3.24. The van der Waals surface area contributed by atoms with Crippen molar-refractivity contribution < 1.29 is 8.42 Å². The molecule has 0 aliphatic carbocycles. The average molecular weight is 400 g/mol. The zero-order chi connectivity index (χ0) is 18.6. The van der Waals surface area contributed by atoms with Gasteiger partial charge in [-0.15, -0.1) is 0 Å². The Labute approximate surface area is 187 Å². The van der Waals surface area contributed by atoms with E-state index in [0.717, 1.165) is 12.8 Å². The fraction of sp³-hybridized carbons (Fsp3) is 1.00. The first-order valence-corrected chi connectivity index (χ1v) is 12.7. The van der Waals surface area contributed by atoms with Crippen LogP contribution in [0.1, 0.15) is 123 Å². The van der Waals surface area contributed by atoms with E-state index in [-0.39, 0.29) is 35.3 Å².